The van der Waals surface area contributed by atoms with Crippen molar-refractivity contribution in [2.45, 2.75) is 31.5 Å². The molecule has 7 heteroatoms. The molecule has 1 atom stereocenters. The third-order valence-electron chi connectivity index (χ3n) is 3.51. The molecule has 2 N–H and O–H groups in total. The molecular weight excluding hydrogens is 269 g/mol. The van der Waals surface area contributed by atoms with Gasteiger partial charge in [-0.05, 0) is 30.5 Å². The summed E-state index contributed by atoms with van der Waals surface area (Å²) in [7, 11) is 0. The second kappa shape index (κ2) is 4.50. The standard InChI is InChI=1S/C13H13F3N4/c14-13(15,16)9-6-4-8(5-7-9)10-2-1-3-11-18-12(17)19-20(10)11/h4-7,10H,1-3H2,(H2,17,19). The third kappa shape index (κ3) is 2.23. The fourth-order valence-electron chi connectivity index (χ4n) is 2.57. The molecule has 1 unspecified atom stereocenters. The predicted octanol–water partition coefficient (Wildman–Crippen LogP) is 2.80. The minimum atomic E-state index is -4.31. The van der Waals surface area contributed by atoms with Crippen molar-refractivity contribution in [3.63, 3.8) is 0 Å². The summed E-state index contributed by atoms with van der Waals surface area (Å²) < 4.78 is 39.4. The van der Waals surface area contributed by atoms with Gasteiger partial charge < -0.3 is 5.73 Å². The van der Waals surface area contributed by atoms with Gasteiger partial charge in [0, 0.05) is 6.42 Å². The third-order valence-corrected chi connectivity index (χ3v) is 3.51. The Balaban J connectivity index is 1.94. The number of nitrogens with zero attached hydrogens (tertiary/aromatic N) is 3. The van der Waals surface area contributed by atoms with Gasteiger partial charge in [0.15, 0.2) is 0 Å². The molecule has 0 saturated carbocycles. The Bertz CT molecular complexity index is 616. The first-order chi connectivity index (χ1) is 9.45. The molecule has 106 valence electrons. The summed E-state index contributed by atoms with van der Waals surface area (Å²) in [4.78, 5) is 4.13. The van der Waals surface area contributed by atoms with Crippen LogP contribution in [0.1, 0.15) is 35.8 Å². The topological polar surface area (TPSA) is 56.7 Å². The summed E-state index contributed by atoms with van der Waals surface area (Å²) in [6.07, 6.45) is -1.78. The van der Waals surface area contributed by atoms with Crippen LogP contribution in [-0.4, -0.2) is 14.8 Å². The van der Waals surface area contributed by atoms with Gasteiger partial charge in [-0.2, -0.15) is 18.2 Å². The molecule has 0 aliphatic carbocycles. The van der Waals surface area contributed by atoms with Crippen molar-refractivity contribution in [3.8, 4) is 0 Å². The Labute approximate surface area is 113 Å². The van der Waals surface area contributed by atoms with Crippen LogP contribution < -0.4 is 5.73 Å². The van der Waals surface area contributed by atoms with E-state index in [-0.39, 0.29) is 12.0 Å². The van der Waals surface area contributed by atoms with Gasteiger partial charge in [0.05, 0.1) is 11.6 Å². The minimum Gasteiger partial charge on any atom is -0.366 e. The zero-order valence-electron chi connectivity index (χ0n) is 10.6. The number of fused-ring (bicyclic) bond motifs is 1. The maximum Gasteiger partial charge on any atom is 0.416 e. The summed E-state index contributed by atoms with van der Waals surface area (Å²) in [5, 5.41) is 4.14. The monoisotopic (exact) mass is 282 g/mol. The number of alkyl halides is 3. The van der Waals surface area contributed by atoms with E-state index in [2.05, 4.69) is 10.1 Å². The molecule has 1 aliphatic rings. The van der Waals surface area contributed by atoms with Crippen LogP contribution in [0.15, 0.2) is 24.3 Å². The number of nitrogens with two attached hydrogens (primary N) is 1. The lowest BCUT2D eigenvalue weighted by Gasteiger charge is -2.24. The first-order valence-electron chi connectivity index (χ1n) is 6.33. The number of rotatable bonds is 1. The van der Waals surface area contributed by atoms with E-state index in [9.17, 15) is 13.2 Å². The lowest BCUT2D eigenvalue weighted by atomic mass is 9.97. The number of benzene rings is 1. The largest absolute Gasteiger partial charge is 0.416 e. The first kappa shape index (κ1) is 13.0. The number of hydrogen-bond donors (Lipinski definition) is 1. The predicted molar refractivity (Wildman–Crippen MR) is 67.0 cm³/mol. The minimum absolute atomic E-state index is 0.0918. The van der Waals surface area contributed by atoms with Crippen LogP contribution in [0.2, 0.25) is 0 Å². The highest BCUT2D eigenvalue weighted by Gasteiger charge is 2.31. The molecule has 1 aromatic carbocycles. The molecule has 0 fully saturated rings. The lowest BCUT2D eigenvalue weighted by Crippen LogP contribution is -2.20. The molecule has 2 heterocycles. The highest BCUT2D eigenvalue weighted by molar-refractivity contribution is 5.28. The maximum atomic E-state index is 12.6. The Morgan fingerprint density at radius 3 is 2.55 bits per heavy atom. The number of aromatic nitrogens is 3. The van der Waals surface area contributed by atoms with Crippen molar-refractivity contribution >= 4 is 5.95 Å². The molecule has 0 bridgehead atoms. The number of aryl methyl sites for hydroxylation is 1. The quantitative estimate of drug-likeness (QED) is 0.875. The molecule has 0 saturated heterocycles. The molecule has 20 heavy (non-hydrogen) atoms. The number of hydrogen-bond acceptors (Lipinski definition) is 3. The van der Waals surface area contributed by atoms with Crippen LogP contribution in [0.25, 0.3) is 0 Å². The van der Waals surface area contributed by atoms with E-state index >= 15 is 0 Å². The van der Waals surface area contributed by atoms with Gasteiger partial charge >= 0.3 is 6.18 Å². The van der Waals surface area contributed by atoms with Gasteiger partial charge in [0.25, 0.3) is 0 Å². The Kier molecular flexibility index (Phi) is 2.92. The van der Waals surface area contributed by atoms with E-state index in [1.807, 2.05) is 0 Å². The summed E-state index contributed by atoms with van der Waals surface area (Å²) in [6, 6.07) is 5.11. The van der Waals surface area contributed by atoms with Crippen LogP contribution in [0.5, 0.6) is 0 Å². The van der Waals surface area contributed by atoms with E-state index in [0.29, 0.717) is 0 Å². The molecule has 0 amide bonds. The summed E-state index contributed by atoms with van der Waals surface area (Å²) in [6.45, 7) is 0. The average Bonchev–Trinajstić information content (AvgIpc) is 2.78. The van der Waals surface area contributed by atoms with Crippen LogP contribution in [0, 0.1) is 0 Å². The van der Waals surface area contributed by atoms with Crippen molar-refractivity contribution in [2.24, 2.45) is 0 Å². The van der Waals surface area contributed by atoms with E-state index < -0.39 is 11.7 Å². The van der Waals surface area contributed by atoms with Crippen molar-refractivity contribution in [1.29, 1.82) is 0 Å². The second-order valence-electron chi connectivity index (χ2n) is 4.86. The van der Waals surface area contributed by atoms with Crippen molar-refractivity contribution < 1.29 is 13.2 Å². The summed E-state index contributed by atoms with van der Waals surface area (Å²) in [5.74, 6) is 0.998. The fraction of sp³-hybridized carbons (Fsp3) is 0.385. The van der Waals surface area contributed by atoms with Crippen LogP contribution in [-0.2, 0) is 12.6 Å². The van der Waals surface area contributed by atoms with Crippen molar-refractivity contribution in [2.75, 3.05) is 5.73 Å². The van der Waals surface area contributed by atoms with Crippen LogP contribution in [0.3, 0.4) is 0 Å². The highest BCUT2D eigenvalue weighted by atomic mass is 19.4. The number of halogens is 3. The number of nitrogen functional groups attached to an aromatic ring is 1. The van der Waals surface area contributed by atoms with E-state index in [1.165, 1.54) is 12.1 Å². The van der Waals surface area contributed by atoms with E-state index in [4.69, 9.17) is 5.73 Å². The Morgan fingerprint density at radius 1 is 1.20 bits per heavy atom. The zero-order chi connectivity index (χ0) is 14.3. The van der Waals surface area contributed by atoms with E-state index in [0.717, 1.165) is 42.8 Å². The SMILES string of the molecule is Nc1nc2n(n1)C(c1ccc(C(F)(F)F)cc1)CCC2. The maximum absolute atomic E-state index is 12.6. The molecule has 4 nitrogen and oxygen atoms in total. The molecule has 0 radical (unpaired) electrons. The molecule has 1 aliphatic heterocycles. The summed E-state index contributed by atoms with van der Waals surface area (Å²) >= 11 is 0. The van der Waals surface area contributed by atoms with E-state index in [1.54, 1.807) is 4.68 Å². The van der Waals surface area contributed by atoms with Crippen molar-refractivity contribution in [3.05, 3.63) is 41.2 Å². The average molecular weight is 282 g/mol. The smallest absolute Gasteiger partial charge is 0.366 e. The fourth-order valence-corrected chi connectivity index (χ4v) is 2.57. The molecule has 0 spiro atoms. The molecule has 3 rings (SSSR count). The van der Waals surface area contributed by atoms with Gasteiger partial charge in [-0.1, -0.05) is 12.1 Å². The van der Waals surface area contributed by atoms with Crippen LogP contribution in [0.4, 0.5) is 19.1 Å². The second-order valence-corrected chi connectivity index (χ2v) is 4.86. The van der Waals surface area contributed by atoms with Crippen molar-refractivity contribution in [1.82, 2.24) is 14.8 Å². The number of anilines is 1. The lowest BCUT2D eigenvalue weighted by molar-refractivity contribution is -0.137. The van der Waals surface area contributed by atoms with Crippen LogP contribution >= 0.6 is 0 Å². The van der Waals surface area contributed by atoms with Gasteiger partial charge in [-0.3, -0.25) is 0 Å². The normalized spacial score (nSPS) is 18.9. The zero-order valence-corrected chi connectivity index (χ0v) is 10.6. The van der Waals surface area contributed by atoms with Gasteiger partial charge in [0.1, 0.15) is 5.82 Å². The van der Waals surface area contributed by atoms with Gasteiger partial charge in [-0.25, -0.2) is 4.68 Å². The Hall–Kier alpha value is -2.05. The highest BCUT2D eigenvalue weighted by Crippen LogP contribution is 2.33. The van der Waals surface area contributed by atoms with Gasteiger partial charge in [0.2, 0.25) is 5.95 Å². The molecule has 1 aromatic heterocycles. The molecular formula is C13H13F3N4. The Morgan fingerprint density at radius 2 is 1.90 bits per heavy atom. The summed E-state index contributed by atoms with van der Waals surface area (Å²) in [5.41, 5.74) is 5.74. The molecule has 2 aromatic rings. The van der Waals surface area contributed by atoms with Gasteiger partial charge in [-0.15, -0.1) is 5.10 Å². The first-order valence-corrected chi connectivity index (χ1v) is 6.33.